The zero-order valence-corrected chi connectivity index (χ0v) is 10.5. The second-order valence-electron chi connectivity index (χ2n) is 3.90. The number of anilines is 1. The van der Waals surface area contributed by atoms with Crippen LogP contribution in [0.2, 0.25) is 0 Å². The number of hydrogen-bond acceptors (Lipinski definition) is 6. The summed E-state index contributed by atoms with van der Waals surface area (Å²) in [4.78, 5) is 10.6. The Labute approximate surface area is 109 Å². The van der Waals surface area contributed by atoms with Crippen molar-refractivity contribution in [1.82, 2.24) is 5.16 Å². The lowest BCUT2D eigenvalue weighted by molar-refractivity contribution is -0.384. The normalized spacial score (nSPS) is 10.2. The van der Waals surface area contributed by atoms with E-state index in [9.17, 15) is 10.1 Å². The van der Waals surface area contributed by atoms with Gasteiger partial charge in [0, 0.05) is 6.07 Å². The number of para-hydroxylation sites is 1. The fourth-order valence-electron chi connectivity index (χ4n) is 1.70. The highest BCUT2D eigenvalue weighted by atomic mass is 16.6. The largest absolute Gasteiger partial charge is 0.490 e. The van der Waals surface area contributed by atoms with Crippen LogP contribution in [0, 0.1) is 17.0 Å². The van der Waals surface area contributed by atoms with E-state index in [1.807, 2.05) is 0 Å². The van der Waals surface area contributed by atoms with Crippen LogP contribution < -0.4 is 10.1 Å². The number of ether oxygens (including phenoxy) is 1. The molecule has 19 heavy (non-hydrogen) atoms. The topological polar surface area (TPSA) is 90.4 Å². The summed E-state index contributed by atoms with van der Waals surface area (Å²) in [6.07, 6.45) is 0. The summed E-state index contributed by atoms with van der Waals surface area (Å²) in [7, 11) is 1.39. The molecule has 100 valence electrons. The van der Waals surface area contributed by atoms with E-state index in [4.69, 9.17) is 9.26 Å². The van der Waals surface area contributed by atoms with Gasteiger partial charge >= 0.3 is 5.69 Å². The average Bonchev–Trinajstić information content (AvgIpc) is 2.81. The summed E-state index contributed by atoms with van der Waals surface area (Å²) >= 11 is 0. The van der Waals surface area contributed by atoms with Crippen LogP contribution in [0.1, 0.15) is 11.5 Å². The Kier molecular flexibility index (Phi) is 3.65. The maximum Gasteiger partial charge on any atom is 0.333 e. The van der Waals surface area contributed by atoms with Crippen LogP contribution in [0.15, 0.2) is 28.8 Å². The number of nitro groups is 1. The molecule has 0 aliphatic heterocycles. The SMILES string of the molecule is COc1cccc(NCc2cc(C)no2)c1[N+](=O)[O-]. The summed E-state index contributed by atoms with van der Waals surface area (Å²) < 4.78 is 10.0. The molecule has 0 aliphatic carbocycles. The minimum Gasteiger partial charge on any atom is -0.490 e. The molecule has 0 saturated heterocycles. The van der Waals surface area contributed by atoms with Gasteiger partial charge in [0.25, 0.3) is 0 Å². The molecule has 0 atom stereocenters. The fraction of sp³-hybridized carbons (Fsp3) is 0.250. The summed E-state index contributed by atoms with van der Waals surface area (Å²) in [6.45, 7) is 2.12. The van der Waals surface area contributed by atoms with Gasteiger partial charge in [0.15, 0.2) is 11.5 Å². The number of nitro benzene ring substituents is 1. The standard InChI is InChI=1S/C12H13N3O4/c1-8-6-9(19-14-8)7-13-10-4-3-5-11(18-2)12(10)15(16)17/h3-6,13H,7H2,1-2H3. The molecule has 0 aliphatic rings. The van der Waals surface area contributed by atoms with E-state index in [1.54, 1.807) is 31.2 Å². The molecule has 0 saturated carbocycles. The third-order valence-electron chi connectivity index (χ3n) is 2.53. The number of benzene rings is 1. The third kappa shape index (κ3) is 2.82. The van der Waals surface area contributed by atoms with E-state index < -0.39 is 4.92 Å². The van der Waals surface area contributed by atoms with Gasteiger partial charge in [0.2, 0.25) is 0 Å². The Hall–Kier alpha value is -2.57. The molecule has 1 heterocycles. The van der Waals surface area contributed by atoms with Crippen LogP contribution in [-0.2, 0) is 6.54 Å². The van der Waals surface area contributed by atoms with E-state index in [0.29, 0.717) is 18.0 Å². The van der Waals surface area contributed by atoms with Crippen LogP contribution >= 0.6 is 0 Å². The number of nitrogens with one attached hydrogen (secondary N) is 1. The molecular formula is C12H13N3O4. The van der Waals surface area contributed by atoms with Crippen molar-refractivity contribution >= 4 is 11.4 Å². The third-order valence-corrected chi connectivity index (χ3v) is 2.53. The number of nitrogens with zero attached hydrogens (tertiary/aromatic N) is 2. The van der Waals surface area contributed by atoms with Gasteiger partial charge < -0.3 is 14.6 Å². The molecule has 0 bridgehead atoms. The lowest BCUT2D eigenvalue weighted by Gasteiger charge is -2.07. The van der Waals surface area contributed by atoms with Crippen LogP contribution in [0.5, 0.6) is 5.75 Å². The molecule has 1 aromatic heterocycles. The second-order valence-corrected chi connectivity index (χ2v) is 3.90. The molecule has 0 fully saturated rings. The molecule has 7 nitrogen and oxygen atoms in total. The first-order valence-corrected chi connectivity index (χ1v) is 5.59. The molecule has 0 amide bonds. The number of hydrogen-bond donors (Lipinski definition) is 1. The fourth-order valence-corrected chi connectivity index (χ4v) is 1.70. The number of rotatable bonds is 5. The van der Waals surface area contributed by atoms with Crippen molar-refractivity contribution in [3.8, 4) is 5.75 Å². The van der Waals surface area contributed by atoms with Gasteiger partial charge in [-0.3, -0.25) is 10.1 Å². The maximum absolute atomic E-state index is 11.1. The van der Waals surface area contributed by atoms with Gasteiger partial charge in [-0.2, -0.15) is 0 Å². The van der Waals surface area contributed by atoms with E-state index >= 15 is 0 Å². The molecule has 0 spiro atoms. The van der Waals surface area contributed by atoms with Crippen molar-refractivity contribution in [3.05, 3.63) is 45.8 Å². The van der Waals surface area contributed by atoms with E-state index in [2.05, 4.69) is 10.5 Å². The van der Waals surface area contributed by atoms with Crippen molar-refractivity contribution in [2.24, 2.45) is 0 Å². The molecular weight excluding hydrogens is 250 g/mol. The Bertz CT molecular complexity index is 594. The second kappa shape index (κ2) is 5.38. The monoisotopic (exact) mass is 263 g/mol. The molecule has 1 N–H and O–H groups in total. The zero-order valence-electron chi connectivity index (χ0n) is 10.5. The lowest BCUT2D eigenvalue weighted by Crippen LogP contribution is -2.03. The first-order chi connectivity index (χ1) is 9.11. The first-order valence-electron chi connectivity index (χ1n) is 5.59. The quantitative estimate of drug-likeness (QED) is 0.658. The van der Waals surface area contributed by atoms with Gasteiger partial charge in [-0.25, -0.2) is 0 Å². The molecule has 2 rings (SSSR count). The smallest absolute Gasteiger partial charge is 0.333 e. The molecule has 0 unspecified atom stereocenters. The molecule has 2 aromatic rings. The van der Waals surface area contributed by atoms with Crippen LogP contribution in [0.4, 0.5) is 11.4 Å². The number of aryl methyl sites for hydroxylation is 1. The van der Waals surface area contributed by atoms with Crippen molar-refractivity contribution in [2.75, 3.05) is 12.4 Å². The summed E-state index contributed by atoms with van der Waals surface area (Å²) in [5, 5.41) is 17.8. The summed E-state index contributed by atoms with van der Waals surface area (Å²) in [6, 6.07) is 6.60. The van der Waals surface area contributed by atoms with Crippen molar-refractivity contribution in [3.63, 3.8) is 0 Å². The highest BCUT2D eigenvalue weighted by molar-refractivity contribution is 5.68. The van der Waals surface area contributed by atoms with E-state index in [1.165, 1.54) is 7.11 Å². The van der Waals surface area contributed by atoms with E-state index in [-0.39, 0.29) is 11.4 Å². The van der Waals surface area contributed by atoms with Gasteiger partial charge in [-0.15, -0.1) is 0 Å². The minimum atomic E-state index is -0.479. The molecule has 1 aromatic carbocycles. The number of aromatic nitrogens is 1. The highest BCUT2D eigenvalue weighted by Crippen LogP contribution is 2.34. The van der Waals surface area contributed by atoms with Gasteiger partial charge in [0.1, 0.15) is 5.69 Å². The minimum absolute atomic E-state index is 0.0961. The van der Waals surface area contributed by atoms with Gasteiger partial charge in [-0.05, 0) is 19.1 Å². The Morgan fingerprint density at radius 2 is 2.32 bits per heavy atom. The van der Waals surface area contributed by atoms with Gasteiger partial charge in [-0.1, -0.05) is 11.2 Å². The van der Waals surface area contributed by atoms with Gasteiger partial charge in [0.05, 0.1) is 24.3 Å². The molecule has 0 radical (unpaired) electrons. The van der Waals surface area contributed by atoms with Crippen molar-refractivity contribution < 1.29 is 14.2 Å². The summed E-state index contributed by atoms with van der Waals surface area (Å²) in [5.41, 5.74) is 1.04. The Morgan fingerprint density at radius 3 is 2.89 bits per heavy atom. The van der Waals surface area contributed by atoms with Crippen LogP contribution in [0.25, 0.3) is 0 Å². The highest BCUT2D eigenvalue weighted by Gasteiger charge is 2.20. The predicted octanol–water partition coefficient (Wildman–Crippen LogP) is 2.51. The summed E-state index contributed by atoms with van der Waals surface area (Å²) in [5.74, 6) is 0.818. The van der Waals surface area contributed by atoms with Crippen molar-refractivity contribution in [2.45, 2.75) is 13.5 Å². The predicted molar refractivity (Wildman–Crippen MR) is 68.2 cm³/mol. The Balaban J connectivity index is 2.22. The lowest BCUT2D eigenvalue weighted by atomic mass is 10.2. The Morgan fingerprint density at radius 1 is 1.53 bits per heavy atom. The molecule has 7 heteroatoms. The van der Waals surface area contributed by atoms with E-state index in [0.717, 1.165) is 5.69 Å². The van der Waals surface area contributed by atoms with Crippen LogP contribution in [0.3, 0.4) is 0 Å². The number of methoxy groups -OCH3 is 1. The average molecular weight is 263 g/mol. The first kappa shape index (κ1) is 12.9. The van der Waals surface area contributed by atoms with Crippen LogP contribution in [-0.4, -0.2) is 17.2 Å². The zero-order chi connectivity index (χ0) is 13.8. The van der Waals surface area contributed by atoms with Crippen molar-refractivity contribution in [1.29, 1.82) is 0 Å². The maximum atomic E-state index is 11.1.